The molecular formula is C9H11FN2O5S. The van der Waals surface area contributed by atoms with Crippen molar-refractivity contribution in [1.29, 1.82) is 0 Å². The fraction of sp³-hybridized carbons (Fsp3) is 0.333. The Balaban J connectivity index is 3.19. The number of aliphatic hydroxyl groups excluding tert-OH is 1. The van der Waals surface area contributed by atoms with Crippen molar-refractivity contribution >= 4 is 15.7 Å². The third kappa shape index (κ3) is 2.81. The highest BCUT2D eigenvalue weighted by atomic mass is 32.2. The molecule has 0 saturated heterocycles. The van der Waals surface area contributed by atoms with Gasteiger partial charge in [0.25, 0.3) is 0 Å². The van der Waals surface area contributed by atoms with Gasteiger partial charge in [0, 0.05) is 25.7 Å². The molecule has 0 radical (unpaired) electrons. The maximum Gasteiger partial charge on any atom is 0.304 e. The molecule has 7 nitrogen and oxygen atoms in total. The first kappa shape index (κ1) is 14.5. The van der Waals surface area contributed by atoms with Gasteiger partial charge in [-0.3, -0.25) is 10.1 Å². The van der Waals surface area contributed by atoms with E-state index in [0.717, 1.165) is 16.4 Å². The first-order valence-electron chi connectivity index (χ1n) is 4.82. The summed E-state index contributed by atoms with van der Waals surface area (Å²) in [5.41, 5.74) is -0.793. The Morgan fingerprint density at radius 3 is 2.56 bits per heavy atom. The van der Waals surface area contributed by atoms with Crippen LogP contribution >= 0.6 is 0 Å². The van der Waals surface area contributed by atoms with Gasteiger partial charge < -0.3 is 5.11 Å². The zero-order valence-electron chi connectivity index (χ0n) is 9.41. The Hall–Kier alpha value is -1.58. The van der Waals surface area contributed by atoms with Crippen molar-refractivity contribution in [2.75, 3.05) is 20.2 Å². The molecule has 0 bridgehead atoms. The van der Waals surface area contributed by atoms with Crippen molar-refractivity contribution in [2.45, 2.75) is 4.90 Å². The van der Waals surface area contributed by atoms with Crippen molar-refractivity contribution in [3.63, 3.8) is 0 Å². The van der Waals surface area contributed by atoms with Crippen LogP contribution in [0.15, 0.2) is 23.1 Å². The van der Waals surface area contributed by atoms with Crippen molar-refractivity contribution in [3.05, 3.63) is 34.1 Å². The molecule has 0 spiro atoms. The molecule has 18 heavy (non-hydrogen) atoms. The summed E-state index contributed by atoms with van der Waals surface area (Å²) < 4.78 is 37.8. The number of nitro benzene ring substituents is 1. The quantitative estimate of drug-likeness (QED) is 0.618. The van der Waals surface area contributed by atoms with E-state index in [1.54, 1.807) is 0 Å². The Morgan fingerprint density at radius 2 is 2.11 bits per heavy atom. The lowest BCUT2D eigenvalue weighted by Crippen LogP contribution is -2.29. The van der Waals surface area contributed by atoms with Crippen LogP contribution in [0, 0.1) is 15.9 Å². The summed E-state index contributed by atoms with van der Waals surface area (Å²) in [4.78, 5) is 9.05. The Labute approximate surface area is 103 Å². The minimum Gasteiger partial charge on any atom is -0.395 e. The van der Waals surface area contributed by atoms with Crippen LogP contribution in [-0.4, -0.2) is 43.0 Å². The van der Waals surface area contributed by atoms with Gasteiger partial charge in [-0.25, -0.2) is 8.42 Å². The lowest BCUT2D eigenvalue weighted by atomic mass is 10.3. The Bertz CT molecular complexity index is 560. The summed E-state index contributed by atoms with van der Waals surface area (Å²) in [7, 11) is -2.74. The molecule has 100 valence electrons. The number of aliphatic hydroxyl groups is 1. The molecule has 1 aromatic carbocycles. The number of hydrogen-bond donors (Lipinski definition) is 1. The van der Waals surface area contributed by atoms with Gasteiger partial charge in [-0.1, -0.05) is 0 Å². The number of nitro groups is 1. The highest BCUT2D eigenvalue weighted by Crippen LogP contribution is 2.22. The van der Waals surface area contributed by atoms with Gasteiger partial charge in [-0.2, -0.15) is 8.70 Å². The summed E-state index contributed by atoms with van der Waals surface area (Å²) in [6.07, 6.45) is 0. The molecule has 0 fully saturated rings. The number of likely N-dealkylation sites (N-methyl/N-ethyl adjacent to an activating group) is 1. The summed E-state index contributed by atoms with van der Waals surface area (Å²) in [6.45, 7) is -0.536. The van der Waals surface area contributed by atoms with Crippen LogP contribution < -0.4 is 0 Å². The maximum absolute atomic E-state index is 13.3. The molecule has 0 atom stereocenters. The van der Waals surface area contributed by atoms with Crippen LogP contribution in [0.3, 0.4) is 0 Å². The molecule has 0 amide bonds. The first-order valence-corrected chi connectivity index (χ1v) is 6.26. The molecule has 0 aliphatic rings. The Morgan fingerprint density at radius 1 is 1.50 bits per heavy atom. The average molecular weight is 278 g/mol. The SMILES string of the molecule is CN(CCO)S(=O)(=O)c1ccc([N+](=O)[O-])c(F)c1. The first-order chi connectivity index (χ1) is 8.30. The maximum atomic E-state index is 13.3. The van der Waals surface area contributed by atoms with E-state index in [0.29, 0.717) is 6.07 Å². The molecule has 0 aliphatic carbocycles. The molecule has 0 heterocycles. The molecule has 0 saturated carbocycles. The summed E-state index contributed by atoms with van der Waals surface area (Å²) in [5.74, 6) is -1.22. The van der Waals surface area contributed by atoms with Crippen molar-refractivity contribution in [2.24, 2.45) is 0 Å². The monoisotopic (exact) mass is 278 g/mol. The molecule has 0 aliphatic heterocycles. The van der Waals surface area contributed by atoms with E-state index in [1.165, 1.54) is 7.05 Å². The second-order valence-corrected chi connectivity index (χ2v) is 5.47. The van der Waals surface area contributed by atoms with E-state index in [2.05, 4.69) is 0 Å². The summed E-state index contributed by atoms with van der Waals surface area (Å²) in [5, 5.41) is 19.0. The minimum atomic E-state index is -3.96. The van der Waals surface area contributed by atoms with Gasteiger partial charge in [0.1, 0.15) is 0 Å². The predicted molar refractivity (Wildman–Crippen MR) is 60.0 cm³/mol. The van der Waals surface area contributed by atoms with Gasteiger partial charge in [0.05, 0.1) is 16.4 Å². The molecule has 1 aromatic rings. The van der Waals surface area contributed by atoms with E-state index in [9.17, 15) is 22.9 Å². The Kier molecular flexibility index (Phi) is 4.33. The highest BCUT2D eigenvalue weighted by molar-refractivity contribution is 7.89. The number of rotatable bonds is 5. The van der Waals surface area contributed by atoms with Crippen LogP contribution in [0.25, 0.3) is 0 Å². The number of sulfonamides is 1. The third-order valence-corrected chi connectivity index (χ3v) is 4.09. The molecule has 0 aromatic heterocycles. The van der Waals surface area contributed by atoms with E-state index in [-0.39, 0.29) is 13.2 Å². The van der Waals surface area contributed by atoms with Gasteiger partial charge in [0.15, 0.2) is 0 Å². The van der Waals surface area contributed by atoms with E-state index < -0.39 is 31.3 Å². The van der Waals surface area contributed by atoms with Gasteiger partial charge in [-0.05, 0) is 6.07 Å². The van der Waals surface area contributed by atoms with E-state index in [4.69, 9.17) is 5.11 Å². The fourth-order valence-corrected chi connectivity index (χ4v) is 2.41. The topological polar surface area (TPSA) is 101 Å². The van der Waals surface area contributed by atoms with Gasteiger partial charge >= 0.3 is 5.69 Å². The van der Waals surface area contributed by atoms with Gasteiger partial charge in [-0.15, -0.1) is 0 Å². The molecule has 1 N–H and O–H groups in total. The van der Waals surface area contributed by atoms with Crippen molar-refractivity contribution < 1.29 is 22.8 Å². The number of hydrogen-bond acceptors (Lipinski definition) is 5. The predicted octanol–water partition coefficient (Wildman–Crippen LogP) is 0.347. The van der Waals surface area contributed by atoms with Crippen LogP contribution in [0.4, 0.5) is 10.1 Å². The molecule has 1 rings (SSSR count). The molecular weight excluding hydrogens is 267 g/mol. The standard InChI is InChI=1S/C9H11FN2O5S/c1-11(4-5-13)18(16,17)7-2-3-9(12(14)15)8(10)6-7/h2-3,6,13H,4-5H2,1H3. The van der Waals surface area contributed by atoms with E-state index >= 15 is 0 Å². The van der Waals surface area contributed by atoms with Crippen LogP contribution in [-0.2, 0) is 10.0 Å². The van der Waals surface area contributed by atoms with Crippen molar-refractivity contribution in [3.8, 4) is 0 Å². The second-order valence-electron chi connectivity index (χ2n) is 3.42. The lowest BCUT2D eigenvalue weighted by Gasteiger charge is -2.15. The second kappa shape index (κ2) is 5.38. The lowest BCUT2D eigenvalue weighted by molar-refractivity contribution is -0.387. The minimum absolute atomic E-state index is 0.152. The van der Waals surface area contributed by atoms with Crippen LogP contribution in [0.1, 0.15) is 0 Å². The molecule has 9 heteroatoms. The fourth-order valence-electron chi connectivity index (χ4n) is 1.24. The van der Waals surface area contributed by atoms with Crippen molar-refractivity contribution in [1.82, 2.24) is 4.31 Å². The number of nitrogens with zero attached hydrogens (tertiary/aromatic N) is 2. The molecule has 0 unspecified atom stereocenters. The largest absolute Gasteiger partial charge is 0.395 e. The van der Waals surface area contributed by atoms with E-state index in [1.807, 2.05) is 0 Å². The smallest absolute Gasteiger partial charge is 0.304 e. The van der Waals surface area contributed by atoms with Crippen LogP contribution in [0.2, 0.25) is 0 Å². The summed E-state index contributed by atoms with van der Waals surface area (Å²) in [6, 6.07) is 2.32. The number of halogens is 1. The highest BCUT2D eigenvalue weighted by Gasteiger charge is 2.24. The van der Waals surface area contributed by atoms with Crippen LogP contribution in [0.5, 0.6) is 0 Å². The normalized spacial score (nSPS) is 11.8. The van der Waals surface area contributed by atoms with Gasteiger partial charge in [0.2, 0.25) is 15.8 Å². The third-order valence-electron chi connectivity index (χ3n) is 2.24. The zero-order valence-corrected chi connectivity index (χ0v) is 10.2. The zero-order chi connectivity index (χ0) is 13.9. The summed E-state index contributed by atoms with van der Waals surface area (Å²) >= 11 is 0. The number of benzene rings is 1. The average Bonchev–Trinajstić information content (AvgIpc) is 2.28.